The lowest BCUT2D eigenvalue weighted by molar-refractivity contribution is 0.00482. The minimum absolute atomic E-state index is 0.111. The van der Waals surface area contributed by atoms with E-state index in [2.05, 4.69) is 9.86 Å². The van der Waals surface area contributed by atoms with Crippen LogP contribution in [-0.4, -0.2) is 27.7 Å². The molecule has 6 heteroatoms. The van der Waals surface area contributed by atoms with Gasteiger partial charge in [-0.25, -0.2) is 5.14 Å². The van der Waals surface area contributed by atoms with Gasteiger partial charge in [-0.1, -0.05) is 0 Å². The van der Waals surface area contributed by atoms with Crippen molar-refractivity contribution in [2.75, 3.05) is 13.2 Å². The van der Waals surface area contributed by atoms with E-state index in [0.717, 1.165) is 0 Å². The summed E-state index contributed by atoms with van der Waals surface area (Å²) in [7, 11) is -3.51. The lowest BCUT2D eigenvalue weighted by Crippen LogP contribution is -2.50. The highest BCUT2D eigenvalue weighted by molar-refractivity contribution is 7.87. The van der Waals surface area contributed by atoms with Gasteiger partial charge in [0.1, 0.15) is 0 Å². The van der Waals surface area contributed by atoms with E-state index in [4.69, 9.17) is 4.74 Å². The summed E-state index contributed by atoms with van der Waals surface area (Å²) in [4.78, 5) is 0. The zero-order valence-corrected chi connectivity index (χ0v) is 5.52. The maximum absolute atomic E-state index is 10.2. The average molecular weight is 152 g/mol. The second kappa shape index (κ2) is 2.22. The number of nitrogens with two attached hydrogens (primary N) is 1. The Balaban J connectivity index is 2.33. The van der Waals surface area contributed by atoms with E-state index in [1.165, 1.54) is 0 Å². The molecule has 1 fully saturated rings. The molecule has 0 radical (unpaired) electrons. The predicted octanol–water partition coefficient (Wildman–Crippen LogP) is -1.82. The molecule has 0 unspecified atom stereocenters. The second-order valence-electron chi connectivity index (χ2n) is 1.90. The summed E-state index contributed by atoms with van der Waals surface area (Å²) in [6.07, 6.45) is 0. The van der Waals surface area contributed by atoms with Gasteiger partial charge in [0, 0.05) is 0 Å². The van der Waals surface area contributed by atoms with Crippen molar-refractivity contribution in [3.05, 3.63) is 0 Å². The zero-order valence-electron chi connectivity index (χ0n) is 4.70. The third-order valence-electron chi connectivity index (χ3n) is 0.969. The average Bonchev–Trinajstić information content (AvgIpc) is 1.53. The lowest BCUT2D eigenvalue weighted by atomic mass is 10.3. The van der Waals surface area contributed by atoms with Crippen LogP contribution in [0.25, 0.3) is 0 Å². The van der Waals surface area contributed by atoms with Crippen LogP contribution in [0.2, 0.25) is 0 Å². The van der Waals surface area contributed by atoms with Gasteiger partial charge in [-0.3, -0.25) is 0 Å². The van der Waals surface area contributed by atoms with Gasteiger partial charge in [0.15, 0.2) is 0 Å². The third kappa shape index (κ3) is 2.27. The van der Waals surface area contributed by atoms with E-state index in [9.17, 15) is 8.42 Å². The molecule has 0 aliphatic carbocycles. The molecule has 0 aromatic heterocycles. The molecular weight excluding hydrogens is 144 g/mol. The van der Waals surface area contributed by atoms with Crippen LogP contribution in [0.1, 0.15) is 0 Å². The van der Waals surface area contributed by atoms with Gasteiger partial charge in [0.2, 0.25) is 0 Å². The largest absolute Gasteiger partial charge is 0.378 e. The Bertz CT molecular complexity index is 183. The Morgan fingerprint density at radius 1 is 1.56 bits per heavy atom. The summed E-state index contributed by atoms with van der Waals surface area (Å²) >= 11 is 0. The van der Waals surface area contributed by atoms with Crippen LogP contribution >= 0.6 is 0 Å². The first-order valence-electron chi connectivity index (χ1n) is 2.46. The Kier molecular flexibility index (Phi) is 1.71. The standard InChI is InChI=1S/C3H8N2O3S/c4-9(6,7)5-3-1-8-2-3/h3,5H,1-2H2,(H2,4,6,7). The Labute approximate surface area is 53.4 Å². The molecule has 0 amide bonds. The monoisotopic (exact) mass is 152 g/mol. The summed E-state index contributed by atoms with van der Waals surface area (Å²) in [6.45, 7) is 0.854. The van der Waals surface area contributed by atoms with Gasteiger partial charge in [-0.05, 0) is 0 Å². The van der Waals surface area contributed by atoms with Gasteiger partial charge in [0.05, 0.1) is 19.3 Å². The van der Waals surface area contributed by atoms with Crippen LogP contribution < -0.4 is 9.86 Å². The minimum Gasteiger partial charge on any atom is -0.378 e. The Hall–Kier alpha value is -0.170. The summed E-state index contributed by atoms with van der Waals surface area (Å²) < 4.78 is 27.4. The quantitative estimate of drug-likeness (QED) is 0.488. The number of hydrogen-bond acceptors (Lipinski definition) is 3. The van der Waals surface area contributed by atoms with Crippen molar-refractivity contribution in [1.29, 1.82) is 0 Å². The molecule has 1 aliphatic heterocycles. The molecule has 1 heterocycles. The predicted molar refractivity (Wildman–Crippen MR) is 30.8 cm³/mol. The molecule has 0 saturated carbocycles. The molecule has 0 aromatic rings. The van der Waals surface area contributed by atoms with Crippen molar-refractivity contribution in [2.24, 2.45) is 5.14 Å². The third-order valence-corrected chi connectivity index (χ3v) is 1.63. The highest BCUT2D eigenvalue weighted by atomic mass is 32.2. The van der Waals surface area contributed by atoms with Crippen molar-refractivity contribution in [3.63, 3.8) is 0 Å². The van der Waals surface area contributed by atoms with Crippen LogP contribution in [-0.2, 0) is 14.9 Å². The summed E-state index contributed by atoms with van der Waals surface area (Å²) in [5.41, 5.74) is 0. The fraction of sp³-hybridized carbons (Fsp3) is 1.00. The molecular formula is C3H8N2O3S. The van der Waals surface area contributed by atoms with E-state index in [-0.39, 0.29) is 6.04 Å². The SMILES string of the molecule is NS(=O)(=O)NC1COC1. The van der Waals surface area contributed by atoms with Gasteiger partial charge in [0.25, 0.3) is 10.2 Å². The summed E-state index contributed by atoms with van der Waals surface area (Å²) in [6, 6.07) is -0.111. The smallest absolute Gasteiger partial charge is 0.274 e. The highest BCUT2D eigenvalue weighted by Gasteiger charge is 2.21. The van der Waals surface area contributed by atoms with Crippen LogP contribution in [0.15, 0.2) is 0 Å². The molecule has 1 aliphatic rings. The van der Waals surface area contributed by atoms with Crippen LogP contribution in [0.3, 0.4) is 0 Å². The maximum Gasteiger partial charge on any atom is 0.274 e. The van der Waals surface area contributed by atoms with Crippen LogP contribution in [0.5, 0.6) is 0 Å². The van der Waals surface area contributed by atoms with Crippen molar-refractivity contribution < 1.29 is 13.2 Å². The van der Waals surface area contributed by atoms with E-state index >= 15 is 0 Å². The first-order valence-corrected chi connectivity index (χ1v) is 4.00. The molecule has 54 valence electrons. The van der Waals surface area contributed by atoms with Gasteiger partial charge in [-0.15, -0.1) is 0 Å². The highest BCUT2D eigenvalue weighted by Crippen LogP contribution is 1.99. The second-order valence-corrected chi connectivity index (χ2v) is 3.22. The van der Waals surface area contributed by atoms with Crippen molar-refractivity contribution in [1.82, 2.24) is 4.72 Å². The maximum atomic E-state index is 10.2. The van der Waals surface area contributed by atoms with Crippen molar-refractivity contribution in [3.8, 4) is 0 Å². The lowest BCUT2D eigenvalue weighted by Gasteiger charge is -2.25. The fourth-order valence-corrected chi connectivity index (χ4v) is 1.14. The Morgan fingerprint density at radius 3 is 2.22 bits per heavy atom. The molecule has 1 rings (SSSR count). The topological polar surface area (TPSA) is 81.4 Å². The molecule has 5 nitrogen and oxygen atoms in total. The molecule has 0 aromatic carbocycles. The molecule has 0 atom stereocenters. The zero-order chi connectivity index (χ0) is 6.91. The number of ether oxygens (including phenoxy) is 1. The number of rotatable bonds is 2. The minimum atomic E-state index is -3.51. The first kappa shape index (κ1) is 6.94. The summed E-state index contributed by atoms with van der Waals surface area (Å²) in [5.74, 6) is 0. The van der Waals surface area contributed by atoms with Crippen LogP contribution in [0, 0.1) is 0 Å². The van der Waals surface area contributed by atoms with Crippen molar-refractivity contribution in [2.45, 2.75) is 6.04 Å². The number of hydrogen-bond donors (Lipinski definition) is 2. The molecule has 9 heavy (non-hydrogen) atoms. The molecule has 3 N–H and O–H groups in total. The first-order chi connectivity index (χ1) is 4.08. The molecule has 0 bridgehead atoms. The van der Waals surface area contributed by atoms with E-state index in [1.807, 2.05) is 0 Å². The van der Waals surface area contributed by atoms with E-state index in [1.54, 1.807) is 0 Å². The normalized spacial score (nSPS) is 21.4. The van der Waals surface area contributed by atoms with Crippen molar-refractivity contribution >= 4 is 10.2 Å². The van der Waals surface area contributed by atoms with Crippen LogP contribution in [0.4, 0.5) is 0 Å². The van der Waals surface area contributed by atoms with Gasteiger partial charge >= 0.3 is 0 Å². The summed E-state index contributed by atoms with van der Waals surface area (Å²) in [5, 5.41) is 4.65. The fourth-order valence-electron chi connectivity index (χ4n) is 0.536. The van der Waals surface area contributed by atoms with E-state index in [0.29, 0.717) is 13.2 Å². The molecule has 1 saturated heterocycles. The Morgan fingerprint density at radius 2 is 2.11 bits per heavy atom. The van der Waals surface area contributed by atoms with E-state index < -0.39 is 10.2 Å². The molecule has 0 spiro atoms. The van der Waals surface area contributed by atoms with Gasteiger partial charge < -0.3 is 4.74 Å². The number of nitrogens with one attached hydrogen (secondary N) is 1. The van der Waals surface area contributed by atoms with Gasteiger partial charge in [-0.2, -0.15) is 13.1 Å².